The zero-order valence-corrected chi connectivity index (χ0v) is 12.8. The van der Waals surface area contributed by atoms with Gasteiger partial charge in [-0.05, 0) is 18.2 Å². The predicted molar refractivity (Wildman–Crippen MR) is 88.6 cm³/mol. The van der Waals surface area contributed by atoms with Crippen molar-refractivity contribution >= 4 is 50.1 Å². The number of hydrogen-bond acceptors (Lipinski definition) is 6. The van der Waals surface area contributed by atoms with Gasteiger partial charge in [0.2, 0.25) is 5.91 Å². The van der Waals surface area contributed by atoms with Crippen LogP contribution in [0.1, 0.15) is 6.92 Å². The summed E-state index contributed by atoms with van der Waals surface area (Å²) < 4.78 is 0.853. The van der Waals surface area contributed by atoms with Gasteiger partial charge < -0.3 is 5.32 Å². The monoisotopic (exact) mass is 328 g/mol. The Bertz CT molecular complexity index is 864. The third-order valence-corrected chi connectivity index (χ3v) is 3.67. The molecular weight excluding hydrogens is 316 g/mol. The highest BCUT2D eigenvalue weighted by molar-refractivity contribution is 7.22. The lowest BCUT2D eigenvalue weighted by Crippen LogP contribution is -2.19. The van der Waals surface area contributed by atoms with Crippen LogP contribution in [0.3, 0.4) is 0 Å². The number of nitrogens with one attached hydrogen (secondary N) is 3. The lowest BCUT2D eigenvalue weighted by atomic mass is 10.3. The van der Waals surface area contributed by atoms with E-state index >= 15 is 0 Å². The van der Waals surface area contributed by atoms with Crippen molar-refractivity contribution in [2.24, 2.45) is 0 Å². The minimum atomic E-state index is -0.452. The van der Waals surface area contributed by atoms with Gasteiger partial charge >= 0.3 is 6.03 Å². The molecule has 3 aromatic rings. The van der Waals surface area contributed by atoms with Crippen LogP contribution in [0.5, 0.6) is 0 Å². The highest BCUT2D eigenvalue weighted by Gasteiger charge is 2.09. The van der Waals surface area contributed by atoms with Crippen LogP contribution in [0, 0.1) is 0 Å². The first-order chi connectivity index (χ1) is 11.1. The van der Waals surface area contributed by atoms with Crippen LogP contribution in [0.4, 0.5) is 21.4 Å². The summed E-state index contributed by atoms with van der Waals surface area (Å²) in [6.45, 7) is 1.45. The number of amides is 3. The number of carbonyl (C=O) groups is 2. The van der Waals surface area contributed by atoms with E-state index in [-0.39, 0.29) is 5.91 Å². The molecule has 2 aromatic heterocycles. The summed E-state index contributed by atoms with van der Waals surface area (Å²) in [5.74, 6) is 0.203. The fourth-order valence-electron chi connectivity index (χ4n) is 1.87. The summed E-state index contributed by atoms with van der Waals surface area (Å²) in [4.78, 5) is 35.1. The molecule has 0 atom stereocenters. The van der Waals surface area contributed by atoms with Gasteiger partial charge in [0.15, 0.2) is 10.9 Å². The van der Waals surface area contributed by atoms with Crippen LogP contribution >= 0.6 is 11.3 Å². The average Bonchev–Trinajstić information content (AvgIpc) is 2.88. The Morgan fingerprint density at radius 1 is 1.13 bits per heavy atom. The average molecular weight is 328 g/mol. The molecule has 9 heteroatoms. The van der Waals surface area contributed by atoms with Gasteiger partial charge in [-0.2, -0.15) is 0 Å². The Morgan fingerprint density at radius 2 is 2.00 bits per heavy atom. The van der Waals surface area contributed by atoms with Crippen molar-refractivity contribution in [3.8, 4) is 0 Å². The number of benzene rings is 1. The van der Waals surface area contributed by atoms with E-state index in [9.17, 15) is 9.59 Å². The summed E-state index contributed by atoms with van der Waals surface area (Å²) in [7, 11) is 0. The summed E-state index contributed by atoms with van der Waals surface area (Å²) >= 11 is 1.31. The Labute approximate surface area is 135 Å². The van der Waals surface area contributed by atoms with E-state index in [2.05, 4.69) is 30.9 Å². The molecule has 3 amide bonds. The topological polar surface area (TPSA) is 109 Å². The zero-order valence-electron chi connectivity index (χ0n) is 12.0. The van der Waals surface area contributed by atoms with Gasteiger partial charge in [0.1, 0.15) is 0 Å². The van der Waals surface area contributed by atoms with Crippen LogP contribution in [0.25, 0.3) is 10.2 Å². The van der Waals surface area contributed by atoms with Crippen molar-refractivity contribution in [2.45, 2.75) is 6.92 Å². The van der Waals surface area contributed by atoms with Gasteiger partial charge in [-0.1, -0.05) is 11.3 Å². The molecule has 3 N–H and O–H groups in total. The molecule has 0 saturated heterocycles. The molecule has 23 heavy (non-hydrogen) atoms. The second-order valence-electron chi connectivity index (χ2n) is 4.55. The molecule has 0 aliphatic rings. The van der Waals surface area contributed by atoms with Crippen LogP contribution in [0.15, 0.2) is 36.8 Å². The lowest BCUT2D eigenvalue weighted by molar-refractivity contribution is -0.114. The maximum absolute atomic E-state index is 11.9. The van der Waals surface area contributed by atoms with E-state index in [0.29, 0.717) is 16.6 Å². The maximum atomic E-state index is 11.9. The number of hydrogen-bond donors (Lipinski definition) is 3. The van der Waals surface area contributed by atoms with Gasteiger partial charge in [0.25, 0.3) is 0 Å². The molecule has 0 unspecified atom stereocenters. The van der Waals surface area contributed by atoms with Crippen LogP contribution in [-0.4, -0.2) is 26.9 Å². The van der Waals surface area contributed by atoms with Crippen molar-refractivity contribution in [2.75, 3.05) is 16.0 Å². The molecule has 0 aliphatic heterocycles. The van der Waals surface area contributed by atoms with Gasteiger partial charge in [-0.3, -0.25) is 20.4 Å². The number of carbonyl (C=O) groups excluding carboxylic acids is 2. The quantitative estimate of drug-likeness (QED) is 0.685. The smallest absolute Gasteiger partial charge is 0.326 e. The van der Waals surface area contributed by atoms with Crippen molar-refractivity contribution in [1.29, 1.82) is 0 Å². The minimum Gasteiger partial charge on any atom is -0.326 e. The van der Waals surface area contributed by atoms with Crippen LogP contribution in [-0.2, 0) is 4.79 Å². The predicted octanol–water partition coefficient (Wildman–Crippen LogP) is 2.69. The van der Waals surface area contributed by atoms with Gasteiger partial charge in [-0.25, -0.2) is 14.8 Å². The molecule has 0 fully saturated rings. The maximum Gasteiger partial charge on any atom is 0.326 e. The molecule has 0 spiro atoms. The largest absolute Gasteiger partial charge is 0.326 e. The first kappa shape index (κ1) is 14.9. The molecule has 0 radical (unpaired) electrons. The van der Waals surface area contributed by atoms with Crippen LogP contribution in [0.2, 0.25) is 0 Å². The first-order valence-electron chi connectivity index (χ1n) is 6.62. The third-order valence-electron chi connectivity index (χ3n) is 2.73. The number of urea groups is 1. The van der Waals surface area contributed by atoms with Crippen molar-refractivity contribution in [3.63, 3.8) is 0 Å². The minimum absolute atomic E-state index is 0.143. The van der Waals surface area contributed by atoms with Gasteiger partial charge in [-0.15, -0.1) is 0 Å². The van der Waals surface area contributed by atoms with Crippen molar-refractivity contribution < 1.29 is 9.59 Å². The molecule has 0 saturated carbocycles. The Kier molecular flexibility index (Phi) is 4.11. The summed E-state index contributed by atoms with van der Waals surface area (Å²) in [6, 6.07) is 4.89. The highest BCUT2D eigenvalue weighted by atomic mass is 32.1. The Morgan fingerprint density at radius 3 is 2.74 bits per heavy atom. The normalized spacial score (nSPS) is 10.3. The standard InChI is InChI=1S/C14H12N6O2S/c1-8(21)17-9-2-3-10-11(6-9)23-14(18-10)20-13(22)19-12-7-15-4-5-16-12/h2-7H,1H3,(H,17,21)(H2,16,18,19,20,22). The molecule has 0 aliphatic carbocycles. The second kappa shape index (κ2) is 6.36. The molecule has 0 bridgehead atoms. The molecule has 116 valence electrons. The van der Waals surface area contributed by atoms with E-state index in [4.69, 9.17) is 0 Å². The van der Waals surface area contributed by atoms with Gasteiger partial charge in [0.05, 0.1) is 16.4 Å². The number of aromatic nitrogens is 3. The number of thiazole rings is 1. The Hall–Kier alpha value is -3.07. The van der Waals surface area contributed by atoms with Crippen molar-refractivity contribution in [1.82, 2.24) is 15.0 Å². The van der Waals surface area contributed by atoms with Crippen molar-refractivity contribution in [3.05, 3.63) is 36.8 Å². The van der Waals surface area contributed by atoms with Gasteiger partial charge in [0, 0.05) is 25.0 Å². The third kappa shape index (κ3) is 3.77. The van der Waals surface area contributed by atoms with E-state index in [1.54, 1.807) is 18.2 Å². The molecular formula is C14H12N6O2S. The highest BCUT2D eigenvalue weighted by Crippen LogP contribution is 2.28. The number of rotatable bonds is 3. The summed E-state index contributed by atoms with van der Waals surface area (Å²) in [6.07, 6.45) is 4.44. The number of nitrogens with zero attached hydrogens (tertiary/aromatic N) is 3. The van der Waals surface area contributed by atoms with Crippen LogP contribution < -0.4 is 16.0 Å². The fourth-order valence-corrected chi connectivity index (χ4v) is 2.77. The summed E-state index contributed by atoms with van der Waals surface area (Å²) in [5.41, 5.74) is 1.42. The SMILES string of the molecule is CC(=O)Nc1ccc2nc(NC(=O)Nc3cnccn3)sc2c1. The van der Waals surface area contributed by atoms with E-state index < -0.39 is 6.03 Å². The Balaban J connectivity index is 1.73. The molecule has 2 heterocycles. The van der Waals surface area contributed by atoms with E-state index in [0.717, 1.165) is 10.2 Å². The fraction of sp³-hybridized carbons (Fsp3) is 0.0714. The summed E-state index contributed by atoms with van der Waals surface area (Å²) in [5, 5.41) is 8.35. The van der Waals surface area contributed by atoms with E-state index in [1.165, 1.54) is 36.9 Å². The molecule has 8 nitrogen and oxygen atoms in total. The zero-order chi connectivity index (χ0) is 16.2. The second-order valence-corrected chi connectivity index (χ2v) is 5.58. The molecule has 1 aromatic carbocycles. The lowest BCUT2D eigenvalue weighted by Gasteiger charge is -2.02. The van der Waals surface area contributed by atoms with E-state index in [1.807, 2.05) is 0 Å². The molecule has 3 rings (SSSR count). The number of fused-ring (bicyclic) bond motifs is 1. The number of anilines is 3. The first-order valence-corrected chi connectivity index (χ1v) is 7.44.